The van der Waals surface area contributed by atoms with E-state index >= 15 is 0 Å². The van der Waals surface area contributed by atoms with E-state index in [0.29, 0.717) is 19.4 Å². The highest BCUT2D eigenvalue weighted by molar-refractivity contribution is 5.85. The van der Waals surface area contributed by atoms with E-state index in [1.165, 1.54) is 7.11 Å². The average Bonchev–Trinajstić information content (AvgIpc) is 2.86. The molecule has 1 aromatic heterocycles. The van der Waals surface area contributed by atoms with E-state index in [-0.39, 0.29) is 17.3 Å². The molecular formula is C17H27N3O3. The second kappa shape index (κ2) is 6.72. The molecule has 6 nitrogen and oxygen atoms in total. The lowest BCUT2D eigenvalue weighted by atomic mass is 9.90. The fourth-order valence-electron chi connectivity index (χ4n) is 2.96. The van der Waals surface area contributed by atoms with Crippen LogP contribution in [0, 0.1) is 5.41 Å². The lowest BCUT2D eigenvalue weighted by Crippen LogP contribution is -2.50. The fraction of sp³-hybridized carbons (Fsp3) is 0.706. The molecule has 0 aliphatic carbocycles. The van der Waals surface area contributed by atoms with Crippen molar-refractivity contribution in [3.05, 3.63) is 17.7 Å². The molecule has 0 spiro atoms. The number of aryl methyl sites for hydroxylation is 1. The molecule has 0 radical (unpaired) electrons. The second-order valence-corrected chi connectivity index (χ2v) is 7.33. The van der Waals surface area contributed by atoms with Gasteiger partial charge in [0.25, 0.3) is 0 Å². The summed E-state index contributed by atoms with van der Waals surface area (Å²) in [6.45, 7) is 9.46. The first-order valence-electron chi connectivity index (χ1n) is 8.17. The number of imidazole rings is 1. The first-order chi connectivity index (χ1) is 10.8. The Bertz CT molecular complexity index is 586. The zero-order chi connectivity index (χ0) is 17.2. The Morgan fingerprint density at radius 3 is 2.65 bits per heavy atom. The monoisotopic (exact) mass is 321 g/mol. The zero-order valence-electron chi connectivity index (χ0n) is 14.8. The Hall–Kier alpha value is -1.85. The van der Waals surface area contributed by atoms with Gasteiger partial charge < -0.3 is 14.2 Å². The maximum absolute atomic E-state index is 12.7. The van der Waals surface area contributed by atoms with Crippen molar-refractivity contribution in [2.45, 2.75) is 66.1 Å². The Morgan fingerprint density at radius 1 is 1.39 bits per heavy atom. The Morgan fingerprint density at radius 2 is 2.09 bits per heavy atom. The molecule has 0 N–H and O–H groups in total. The van der Waals surface area contributed by atoms with Gasteiger partial charge in [0, 0.05) is 19.4 Å². The van der Waals surface area contributed by atoms with Crippen LogP contribution in [0.4, 0.5) is 0 Å². The maximum atomic E-state index is 12.7. The summed E-state index contributed by atoms with van der Waals surface area (Å²) in [5.41, 5.74) is 1.81. The number of aromatic nitrogens is 2. The largest absolute Gasteiger partial charge is 0.467 e. The quantitative estimate of drug-likeness (QED) is 0.797. The number of ether oxygens (including phenoxy) is 1. The van der Waals surface area contributed by atoms with Gasteiger partial charge in [0.05, 0.1) is 31.4 Å². The summed E-state index contributed by atoms with van der Waals surface area (Å²) in [6, 6.07) is -0.577. The molecule has 23 heavy (non-hydrogen) atoms. The molecule has 6 heteroatoms. The van der Waals surface area contributed by atoms with Gasteiger partial charge in [0.1, 0.15) is 6.04 Å². The first-order valence-corrected chi connectivity index (χ1v) is 8.17. The van der Waals surface area contributed by atoms with E-state index < -0.39 is 6.04 Å². The van der Waals surface area contributed by atoms with Crippen molar-refractivity contribution in [3.8, 4) is 0 Å². The molecule has 0 aromatic carbocycles. The molecule has 128 valence electrons. The third-order valence-corrected chi connectivity index (χ3v) is 4.06. The number of methoxy groups -OCH3 is 1. The van der Waals surface area contributed by atoms with Gasteiger partial charge in [0.2, 0.25) is 5.91 Å². The minimum Gasteiger partial charge on any atom is -0.467 e. The molecule has 0 fully saturated rings. The van der Waals surface area contributed by atoms with Crippen molar-refractivity contribution in [1.82, 2.24) is 14.5 Å². The number of amides is 1. The van der Waals surface area contributed by atoms with Crippen LogP contribution in [-0.4, -0.2) is 39.5 Å². The first kappa shape index (κ1) is 17.5. The van der Waals surface area contributed by atoms with E-state index in [1.54, 1.807) is 11.2 Å². The number of nitrogens with zero attached hydrogens (tertiary/aromatic N) is 3. The smallest absolute Gasteiger partial charge is 0.329 e. The molecule has 1 atom stereocenters. The van der Waals surface area contributed by atoms with Gasteiger partial charge >= 0.3 is 5.97 Å². The SMILES string of the molecule is CCCn1cnc2c1CN(C(=O)CC(C)(C)C)C(C(=O)OC)C2. The van der Waals surface area contributed by atoms with E-state index in [1.807, 2.05) is 20.8 Å². The Labute approximate surface area is 137 Å². The maximum Gasteiger partial charge on any atom is 0.329 e. The number of hydrogen-bond acceptors (Lipinski definition) is 4. The molecule has 1 unspecified atom stereocenters. The standard InChI is InChI=1S/C17H27N3O3/c1-6-7-19-11-18-12-8-13(16(22)23-5)20(10-14(12)19)15(21)9-17(2,3)4/h11,13H,6-10H2,1-5H3. The predicted octanol–water partition coefficient (Wildman–Crippen LogP) is 2.16. The summed E-state index contributed by atoms with van der Waals surface area (Å²) in [5.74, 6) is -0.384. The van der Waals surface area contributed by atoms with Crippen LogP contribution in [-0.2, 0) is 33.8 Å². The highest BCUT2D eigenvalue weighted by Crippen LogP contribution is 2.27. The fourth-order valence-corrected chi connectivity index (χ4v) is 2.96. The van der Waals surface area contributed by atoms with Crippen molar-refractivity contribution in [2.24, 2.45) is 5.41 Å². The Kier molecular flexibility index (Phi) is 5.12. The molecular weight excluding hydrogens is 294 g/mol. The van der Waals surface area contributed by atoms with Gasteiger partial charge in [-0.15, -0.1) is 0 Å². The molecule has 0 bridgehead atoms. The normalized spacial score (nSPS) is 17.8. The number of hydrogen-bond donors (Lipinski definition) is 0. The lowest BCUT2D eigenvalue weighted by Gasteiger charge is -2.35. The van der Waals surface area contributed by atoms with Crippen LogP contribution in [0.1, 0.15) is 51.9 Å². The molecule has 0 saturated carbocycles. The van der Waals surface area contributed by atoms with Crippen LogP contribution in [0.15, 0.2) is 6.33 Å². The lowest BCUT2D eigenvalue weighted by molar-refractivity contribution is -0.154. The van der Waals surface area contributed by atoms with Crippen LogP contribution in [0.5, 0.6) is 0 Å². The summed E-state index contributed by atoms with van der Waals surface area (Å²) >= 11 is 0. The van der Waals surface area contributed by atoms with Crippen LogP contribution < -0.4 is 0 Å². The van der Waals surface area contributed by atoms with E-state index in [0.717, 1.165) is 24.4 Å². The van der Waals surface area contributed by atoms with Gasteiger partial charge in [-0.2, -0.15) is 0 Å². The highest BCUT2D eigenvalue weighted by Gasteiger charge is 2.38. The Balaban J connectivity index is 2.31. The number of fused-ring (bicyclic) bond motifs is 1. The van der Waals surface area contributed by atoms with Crippen LogP contribution in [0.25, 0.3) is 0 Å². The van der Waals surface area contributed by atoms with Crippen molar-refractivity contribution in [2.75, 3.05) is 7.11 Å². The molecule has 1 aromatic rings. The molecule has 1 aliphatic rings. The topological polar surface area (TPSA) is 64.4 Å². The number of rotatable bonds is 4. The van der Waals surface area contributed by atoms with Crippen molar-refractivity contribution in [3.63, 3.8) is 0 Å². The third-order valence-electron chi connectivity index (χ3n) is 4.06. The summed E-state index contributed by atoms with van der Waals surface area (Å²) in [7, 11) is 1.36. The van der Waals surface area contributed by atoms with Crippen molar-refractivity contribution < 1.29 is 14.3 Å². The molecule has 0 saturated heterocycles. The molecule has 2 heterocycles. The number of esters is 1. The van der Waals surface area contributed by atoms with Crippen LogP contribution in [0.2, 0.25) is 0 Å². The van der Waals surface area contributed by atoms with E-state index in [2.05, 4.69) is 16.5 Å². The molecule has 1 aliphatic heterocycles. The number of carbonyl (C=O) groups excluding carboxylic acids is 2. The summed E-state index contributed by atoms with van der Waals surface area (Å²) in [4.78, 5) is 31.0. The van der Waals surface area contributed by atoms with Crippen molar-refractivity contribution >= 4 is 11.9 Å². The zero-order valence-corrected chi connectivity index (χ0v) is 14.8. The van der Waals surface area contributed by atoms with E-state index in [4.69, 9.17) is 4.74 Å². The van der Waals surface area contributed by atoms with E-state index in [9.17, 15) is 9.59 Å². The number of carbonyl (C=O) groups is 2. The van der Waals surface area contributed by atoms with Gasteiger partial charge in [-0.3, -0.25) is 4.79 Å². The highest BCUT2D eigenvalue weighted by atomic mass is 16.5. The van der Waals surface area contributed by atoms with Crippen LogP contribution in [0.3, 0.4) is 0 Å². The van der Waals surface area contributed by atoms with Crippen molar-refractivity contribution in [1.29, 1.82) is 0 Å². The third kappa shape index (κ3) is 3.92. The molecule has 2 rings (SSSR count). The minimum absolute atomic E-state index is 0.0113. The van der Waals surface area contributed by atoms with Gasteiger partial charge in [-0.1, -0.05) is 27.7 Å². The summed E-state index contributed by atoms with van der Waals surface area (Å²) in [5, 5.41) is 0. The summed E-state index contributed by atoms with van der Waals surface area (Å²) in [6.07, 6.45) is 3.63. The minimum atomic E-state index is -0.577. The van der Waals surface area contributed by atoms with Gasteiger partial charge in [0.15, 0.2) is 0 Å². The van der Waals surface area contributed by atoms with Gasteiger partial charge in [-0.05, 0) is 11.8 Å². The predicted molar refractivity (Wildman–Crippen MR) is 86.6 cm³/mol. The second-order valence-electron chi connectivity index (χ2n) is 7.33. The van der Waals surface area contributed by atoms with Gasteiger partial charge in [-0.25, -0.2) is 9.78 Å². The summed E-state index contributed by atoms with van der Waals surface area (Å²) < 4.78 is 6.99. The average molecular weight is 321 g/mol. The van der Waals surface area contributed by atoms with Crippen LogP contribution >= 0.6 is 0 Å². The molecule has 1 amide bonds.